The van der Waals surface area contributed by atoms with Gasteiger partial charge in [0.25, 0.3) is 0 Å². The number of rotatable bonds is 3. The fourth-order valence-electron chi connectivity index (χ4n) is 4.25. The third-order valence-corrected chi connectivity index (χ3v) is 6.14. The van der Waals surface area contributed by atoms with Gasteiger partial charge in [-0.25, -0.2) is 4.79 Å². The maximum absolute atomic E-state index is 12.2. The molecule has 2 saturated carbocycles. The molecule has 6 atom stereocenters. The van der Waals surface area contributed by atoms with Crippen LogP contribution < -0.4 is 0 Å². The summed E-state index contributed by atoms with van der Waals surface area (Å²) in [5.41, 5.74) is 0.440. The number of aliphatic hydroxyl groups is 1. The highest BCUT2D eigenvalue weighted by Gasteiger charge is 2.60. The van der Waals surface area contributed by atoms with E-state index in [0.29, 0.717) is 36.0 Å². The van der Waals surface area contributed by atoms with Crippen molar-refractivity contribution in [3.8, 4) is 0 Å². The maximum atomic E-state index is 12.2. The summed E-state index contributed by atoms with van der Waals surface area (Å²) in [7, 11) is 0. The van der Waals surface area contributed by atoms with Crippen LogP contribution in [0.25, 0.3) is 0 Å². The Hall–Kier alpha value is -1.88. The second-order valence-corrected chi connectivity index (χ2v) is 7.56. The maximum Gasteiger partial charge on any atom is 0.334 e. The second kappa shape index (κ2) is 6.13. The summed E-state index contributed by atoms with van der Waals surface area (Å²) in [5.74, 6) is -1.62. The molecule has 3 aliphatic rings. The average Bonchev–Trinajstić information content (AvgIpc) is 2.94. The number of hydrogen-bond donors (Lipinski definition) is 1. The van der Waals surface area contributed by atoms with Gasteiger partial charge in [-0.2, -0.15) is 0 Å². The van der Waals surface area contributed by atoms with E-state index < -0.39 is 29.7 Å². The van der Waals surface area contributed by atoms with Crippen LogP contribution in [0.4, 0.5) is 0 Å². The number of carbonyl (C=O) groups is 2. The first-order valence-corrected chi connectivity index (χ1v) is 8.90. The fourth-order valence-corrected chi connectivity index (χ4v) is 4.25. The summed E-state index contributed by atoms with van der Waals surface area (Å²) in [6.07, 6.45) is 1.01. The van der Waals surface area contributed by atoms with Gasteiger partial charge in [-0.05, 0) is 30.4 Å². The predicted molar refractivity (Wildman–Crippen MR) is 92.4 cm³/mol. The van der Waals surface area contributed by atoms with Crippen LogP contribution in [-0.2, 0) is 19.1 Å². The van der Waals surface area contributed by atoms with E-state index in [1.807, 2.05) is 13.8 Å². The van der Waals surface area contributed by atoms with E-state index in [1.165, 1.54) is 0 Å². The molecule has 6 unspecified atom stereocenters. The van der Waals surface area contributed by atoms with Crippen molar-refractivity contribution in [2.24, 2.45) is 17.8 Å². The van der Waals surface area contributed by atoms with E-state index in [0.717, 1.165) is 0 Å². The van der Waals surface area contributed by atoms with Crippen LogP contribution in [0.1, 0.15) is 39.5 Å². The quantitative estimate of drug-likeness (QED) is 0.483. The van der Waals surface area contributed by atoms with Crippen LogP contribution >= 0.6 is 0 Å². The molecular weight excluding hydrogens is 320 g/mol. The van der Waals surface area contributed by atoms with Crippen molar-refractivity contribution in [2.75, 3.05) is 0 Å². The van der Waals surface area contributed by atoms with Crippen LogP contribution in [0.2, 0.25) is 0 Å². The van der Waals surface area contributed by atoms with E-state index in [4.69, 9.17) is 9.47 Å². The third-order valence-electron chi connectivity index (χ3n) is 6.14. The lowest BCUT2D eigenvalue weighted by Crippen LogP contribution is -2.42. The van der Waals surface area contributed by atoms with Crippen LogP contribution in [-0.4, -0.2) is 34.9 Å². The minimum Gasteiger partial charge on any atom is -0.458 e. The first kappa shape index (κ1) is 17.9. The molecule has 2 aliphatic carbocycles. The van der Waals surface area contributed by atoms with Crippen molar-refractivity contribution < 1.29 is 24.2 Å². The lowest BCUT2D eigenvalue weighted by molar-refractivity contribution is -0.152. The van der Waals surface area contributed by atoms with Gasteiger partial charge in [-0.3, -0.25) is 4.79 Å². The SMILES string of the molecule is C=C1C(=O)OC2C1CCC(=C)C1(O)CC(OC(=O)C(C)CC)C(=C)C21. The third kappa shape index (κ3) is 2.65. The minimum absolute atomic E-state index is 0.163. The van der Waals surface area contributed by atoms with Crippen molar-refractivity contribution >= 4 is 11.9 Å². The Morgan fingerprint density at radius 1 is 1.44 bits per heavy atom. The number of esters is 2. The Labute approximate surface area is 148 Å². The minimum atomic E-state index is -1.28. The Balaban J connectivity index is 1.91. The number of hydrogen-bond acceptors (Lipinski definition) is 5. The molecule has 0 aromatic rings. The number of fused-ring (bicyclic) bond motifs is 3. The molecule has 0 spiro atoms. The molecule has 0 aromatic carbocycles. The van der Waals surface area contributed by atoms with Crippen molar-refractivity contribution in [3.63, 3.8) is 0 Å². The van der Waals surface area contributed by atoms with Gasteiger partial charge in [0.05, 0.1) is 17.4 Å². The molecular formula is C20H26O5. The molecule has 0 radical (unpaired) electrons. The summed E-state index contributed by atoms with van der Waals surface area (Å²) in [6, 6.07) is 0. The normalized spacial score (nSPS) is 38.7. The molecule has 1 heterocycles. The van der Waals surface area contributed by atoms with Crippen LogP contribution in [0.3, 0.4) is 0 Å². The topological polar surface area (TPSA) is 72.8 Å². The molecule has 136 valence electrons. The van der Waals surface area contributed by atoms with Crippen molar-refractivity contribution in [1.29, 1.82) is 0 Å². The highest BCUT2D eigenvalue weighted by Crippen LogP contribution is 2.54. The lowest BCUT2D eigenvalue weighted by atomic mass is 9.78. The fraction of sp³-hybridized carbons (Fsp3) is 0.600. The highest BCUT2D eigenvalue weighted by molar-refractivity contribution is 5.91. The first-order chi connectivity index (χ1) is 11.7. The standard InChI is InChI=1S/C20H26O5/c1-6-10(2)18(21)24-15-9-20(23)11(3)7-8-14-12(4)19(22)25-17(14)16(20)13(15)5/h10,14-17,23H,3-9H2,1-2H3. The number of ether oxygens (including phenoxy) is 2. The van der Waals surface area contributed by atoms with Gasteiger partial charge in [-0.15, -0.1) is 0 Å². The Bertz CT molecular complexity index is 663. The van der Waals surface area contributed by atoms with Gasteiger partial charge >= 0.3 is 11.9 Å². The van der Waals surface area contributed by atoms with Gasteiger partial charge in [0, 0.05) is 17.9 Å². The molecule has 5 nitrogen and oxygen atoms in total. The summed E-state index contributed by atoms with van der Waals surface area (Å²) in [4.78, 5) is 24.2. The van der Waals surface area contributed by atoms with Crippen molar-refractivity contribution in [2.45, 2.75) is 57.3 Å². The monoisotopic (exact) mass is 346 g/mol. The van der Waals surface area contributed by atoms with Gasteiger partial charge < -0.3 is 14.6 Å². The zero-order chi connectivity index (χ0) is 18.5. The van der Waals surface area contributed by atoms with Crippen LogP contribution in [0, 0.1) is 17.8 Å². The Morgan fingerprint density at radius 2 is 2.12 bits per heavy atom. The largest absolute Gasteiger partial charge is 0.458 e. The van der Waals surface area contributed by atoms with Gasteiger partial charge in [0.1, 0.15) is 12.2 Å². The Kier molecular flexibility index (Phi) is 4.40. The molecule has 1 N–H and O–H groups in total. The van der Waals surface area contributed by atoms with E-state index >= 15 is 0 Å². The predicted octanol–water partition coefficient (Wildman–Crippen LogP) is 2.70. The van der Waals surface area contributed by atoms with Gasteiger partial charge in [0.2, 0.25) is 0 Å². The highest BCUT2D eigenvalue weighted by atomic mass is 16.6. The molecule has 3 fully saturated rings. The summed E-state index contributed by atoms with van der Waals surface area (Å²) < 4.78 is 11.2. The molecule has 0 aromatic heterocycles. The van der Waals surface area contributed by atoms with E-state index in [2.05, 4.69) is 19.7 Å². The van der Waals surface area contributed by atoms with Gasteiger partial charge in [-0.1, -0.05) is 33.6 Å². The molecule has 1 saturated heterocycles. The molecule has 0 amide bonds. The van der Waals surface area contributed by atoms with E-state index in [9.17, 15) is 14.7 Å². The van der Waals surface area contributed by atoms with E-state index in [-0.39, 0.29) is 24.2 Å². The molecule has 3 rings (SSSR count). The van der Waals surface area contributed by atoms with Crippen LogP contribution in [0.15, 0.2) is 36.5 Å². The van der Waals surface area contributed by atoms with Crippen molar-refractivity contribution in [1.82, 2.24) is 0 Å². The summed E-state index contributed by atoms with van der Waals surface area (Å²) >= 11 is 0. The Morgan fingerprint density at radius 3 is 2.76 bits per heavy atom. The summed E-state index contributed by atoms with van der Waals surface area (Å²) in [6.45, 7) is 15.7. The molecule has 5 heteroatoms. The zero-order valence-corrected chi connectivity index (χ0v) is 14.9. The van der Waals surface area contributed by atoms with Gasteiger partial charge in [0.15, 0.2) is 0 Å². The van der Waals surface area contributed by atoms with E-state index in [1.54, 1.807) is 0 Å². The molecule has 1 aliphatic heterocycles. The zero-order valence-electron chi connectivity index (χ0n) is 14.9. The first-order valence-electron chi connectivity index (χ1n) is 8.90. The average molecular weight is 346 g/mol. The second-order valence-electron chi connectivity index (χ2n) is 7.56. The summed E-state index contributed by atoms with van der Waals surface area (Å²) in [5, 5.41) is 11.4. The lowest BCUT2D eigenvalue weighted by Gasteiger charge is -2.33. The number of carbonyl (C=O) groups excluding carboxylic acids is 2. The molecule has 25 heavy (non-hydrogen) atoms. The smallest absolute Gasteiger partial charge is 0.334 e. The van der Waals surface area contributed by atoms with Crippen molar-refractivity contribution in [3.05, 3.63) is 36.5 Å². The van der Waals surface area contributed by atoms with Crippen LogP contribution in [0.5, 0.6) is 0 Å². The molecule has 0 bridgehead atoms.